The summed E-state index contributed by atoms with van der Waals surface area (Å²) in [5, 5.41) is 36.0. The molecular weight excluding hydrogens is 176 g/mol. The zero-order valence-corrected chi connectivity index (χ0v) is 6.87. The predicted molar refractivity (Wildman–Crippen MR) is 41.1 cm³/mol. The van der Waals surface area contributed by atoms with E-state index in [-0.39, 0.29) is 0 Å². The molecule has 1 unspecified atom stereocenters. The molecule has 1 aliphatic heterocycles. The topological polar surface area (TPSA) is 120 Å². The van der Waals surface area contributed by atoms with Crippen molar-refractivity contribution in [1.82, 2.24) is 0 Å². The van der Waals surface area contributed by atoms with E-state index in [1.165, 1.54) is 0 Å². The van der Waals surface area contributed by atoms with Gasteiger partial charge in [0, 0.05) is 0 Å². The molecule has 74 valence electrons. The van der Waals surface area contributed by atoms with Gasteiger partial charge in [-0.25, -0.2) is 0 Å². The summed E-state index contributed by atoms with van der Waals surface area (Å²) in [6.45, 7) is -0.455. The fourth-order valence-electron chi connectivity index (χ4n) is 1.30. The van der Waals surface area contributed by atoms with Crippen LogP contribution < -0.4 is 5.73 Å². The van der Waals surface area contributed by atoms with Crippen molar-refractivity contribution in [3.8, 4) is 6.07 Å². The van der Waals surface area contributed by atoms with Crippen molar-refractivity contribution in [2.45, 2.75) is 24.5 Å². The molecule has 0 saturated carbocycles. The molecule has 13 heavy (non-hydrogen) atoms. The molecule has 6 heteroatoms. The number of nitriles is 1. The minimum Gasteiger partial charge on any atom is -0.394 e. The van der Waals surface area contributed by atoms with Crippen molar-refractivity contribution in [3.63, 3.8) is 0 Å². The Balaban J connectivity index is 2.76. The normalized spacial score (nSPS) is 45.6. The summed E-state index contributed by atoms with van der Waals surface area (Å²) in [4.78, 5) is 0. The fraction of sp³-hybridized carbons (Fsp3) is 0.857. The van der Waals surface area contributed by atoms with Crippen LogP contribution in [-0.2, 0) is 4.74 Å². The second kappa shape index (κ2) is 4.00. The van der Waals surface area contributed by atoms with E-state index in [4.69, 9.17) is 20.8 Å². The van der Waals surface area contributed by atoms with E-state index in [2.05, 4.69) is 0 Å². The third-order valence-electron chi connectivity index (χ3n) is 2.14. The molecule has 1 fully saturated rings. The van der Waals surface area contributed by atoms with E-state index in [0.29, 0.717) is 0 Å². The first-order valence-electron chi connectivity index (χ1n) is 3.89. The van der Waals surface area contributed by atoms with Gasteiger partial charge in [0.2, 0.25) is 0 Å². The maximum atomic E-state index is 9.42. The van der Waals surface area contributed by atoms with E-state index in [1.807, 2.05) is 0 Å². The molecule has 5 atom stereocenters. The van der Waals surface area contributed by atoms with Gasteiger partial charge in [-0.15, -0.1) is 0 Å². The Morgan fingerprint density at radius 3 is 2.54 bits per heavy atom. The van der Waals surface area contributed by atoms with Crippen LogP contribution in [0.5, 0.6) is 0 Å². The standard InChI is InChI=1S/C7H12N2O4/c8-1-3-5(9)7(12)13-4(2-10)6(3)11/h3-7,10-12H,2,9H2/t3-,4-,5-,6+,7?/m1/s1. The lowest BCUT2D eigenvalue weighted by molar-refractivity contribution is -0.228. The van der Waals surface area contributed by atoms with E-state index in [0.717, 1.165) is 0 Å². The molecule has 1 aliphatic rings. The van der Waals surface area contributed by atoms with Crippen LogP contribution in [0.3, 0.4) is 0 Å². The van der Waals surface area contributed by atoms with Crippen molar-refractivity contribution >= 4 is 0 Å². The lowest BCUT2D eigenvalue weighted by Crippen LogP contribution is -2.58. The van der Waals surface area contributed by atoms with Crippen molar-refractivity contribution in [2.75, 3.05) is 6.61 Å². The van der Waals surface area contributed by atoms with Crippen LogP contribution in [0.15, 0.2) is 0 Å². The van der Waals surface area contributed by atoms with Crippen molar-refractivity contribution in [3.05, 3.63) is 0 Å². The molecule has 0 bridgehead atoms. The first-order chi connectivity index (χ1) is 6.11. The Morgan fingerprint density at radius 2 is 2.08 bits per heavy atom. The number of ether oxygens (including phenoxy) is 1. The van der Waals surface area contributed by atoms with Gasteiger partial charge in [0.15, 0.2) is 6.29 Å². The van der Waals surface area contributed by atoms with E-state index in [9.17, 15) is 10.2 Å². The minimum absolute atomic E-state index is 0.455. The first-order valence-corrected chi connectivity index (χ1v) is 3.89. The van der Waals surface area contributed by atoms with Crippen LogP contribution in [0.25, 0.3) is 0 Å². The zero-order valence-electron chi connectivity index (χ0n) is 6.87. The highest BCUT2D eigenvalue weighted by atomic mass is 16.6. The van der Waals surface area contributed by atoms with Gasteiger partial charge in [-0.05, 0) is 0 Å². The average molecular weight is 188 g/mol. The summed E-state index contributed by atoms with van der Waals surface area (Å²) >= 11 is 0. The molecule has 0 aromatic rings. The van der Waals surface area contributed by atoms with Crippen LogP contribution in [0.1, 0.15) is 0 Å². The monoisotopic (exact) mass is 188 g/mol. The van der Waals surface area contributed by atoms with Crippen LogP contribution >= 0.6 is 0 Å². The summed E-state index contributed by atoms with van der Waals surface area (Å²) in [5.74, 6) is -0.916. The third-order valence-corrected chi connectivity index (χ3v) is 2.14. The maximum Gasteiger partial charge on any atom is 0.171 e. The van der Waals surface area contributed by atoms with Gasteiger partial charge >= 0.3 is 0 Å². The minimum atomic E-state index is -1.31. The summed E-state index contributed by atoms with van der Waals surface area (Å²) in [6.07, 6.45) is -3.42. The van der Waals surface area contributed by atoms with Gasteiger partial charge in [-0.1, -0.05) is 0 Å². The van der Waals surface area contributed by atoms with Gasteiger partial charge in [0.25, 0.3) is 0 Å². The summed E-state index contributed by atoms with van der Waals surface area (Å²) in [7, 11) is 0. The predicted octanol–water partition coefficient (Wildman–Crippen LogP) is -2.48. The van der Waals surface area contributed by atoms with Gasteiger partial charge in [0.05, 0.1) is 24.6 Å². The van der Waals surface area contributed by atoms with Gasteiger partial charge in [0.1, 0.15) is 12.2 Å². The summed E-state index contributed by atoms with van der Waals surface area (Å²) in [6, 6.07) is 0.830. The molecule has 0 radical (unpaired) electrons. The summed E-state index contributed by atoms with van der Waals surface area (Å²) < 4.78 is 4.77. The Bertz CT molecular complexity index is 217. The van der Waals surface area contributed by atoms with E-state index >= 15 is 0 Å². The molecule has 1 saturated heterocycles. The maximum absolute atomic E-state index is 9.42. The Labute approximate surface area is 75.2 Å². The van der Waals surface area contributed by atoms with Gasteiger partial charge in [-0.3, -0.25) is 0 Å². The molecule has 0 aliphatic carbocycles. The van der Waals surface area contributed by atoms with Crippen molar-refractivity contribution < 1.29 is 20.1 Å². The molecular formula is C7H12N2O4. The molecule has 0 aromatic carbocycles. The first kappa shape index (κ1) is 10.4. The third kappa shape index (κ3) is 1.80. The molecule has 1 heterocycles. The smallest absolute Gasteiger partial charge is 0.171 e. The van der Waals surface area contributed by atoms with Crippen molar-refractivity contribution in [2.24, 2.45) is 11.7 Å². The molecule has 0 spiro atoms. The van der Waals surface area contributed by atoms with Crippen LogP contribution in [0.4, 0.5) is 0 Å². The highest BCUT2D eigenvalue weighted by Crippen LogP contribution is 2.22. The lowest BCUT2D eigenvalue weighted by atomic mass is 9.89. The number of hydrogen-bond donors (Lipinski definition) is 4. The Hall–Kier alpha value is -0.710. The Kier molecular flexibility index (Phi) is 3.19. The zero-order chi connectivity index (χ0) is 10.0. The number of nitrogens with zero attached hydrogens (tertiary/aromatic N) is 1. The van der Waals surface area contributed by atoms with Crippen LogP contribution in [-0.4, -0.2) is 46.5 Å². The van der Waals surface area contributed by atoms with Crippen LogP contribution in [0, 0.1) is 17.2 Å². The molecule has 5 N–H and O–H groups in total. The van der Waals surface area contributed by atoms with Crippen molar-refractivity contribution in [1.29, 1.82) is 5.26 Å². The SMILES string of the molecule is N#C[C@H]1[C@H](O)[C@@H](CO)OC(O)[C@@H]1N. The second-order valence-electron chi connectivity index (χ2n) is 2.97. The van der Waals surface area contributed by atoms with E-state index < -0.39 is 37.1 Å². The molecule has 0 amide bonds. The highest BCUT2D eigenvalue weighted by Gasteiger charge is 2.42. The largest absolute Gasteiger partial charge is 0.394 e. The average Bonchev–Trinajstić information content (AvgIpc) is 2.12. The van der Waals surface area contributed by atoms with Gasteiger partial charge in [-0.2, -0.15) is 5.26 Å². The lowest BCUT2D eigenvalue weighted by Gasteiger charge is -2.37. The Morgan fingerprint density at radius 1 is 1.46 bits per heavy atom. The fourth-order valence-corrected chi connectivity index (χ4v) is 1.30. The quantitative estimate of drug-likeness (QED) is 0.362. The number of nitrogens with two attached hydrogens (primary N) is 1. The second-order valence-corrected chi connectivity index (χ2v) is 2.97. The number of rotatable bonds is 1. The number of aliphatic hydroxyl groups excluding tert-OH is 3. The van der Waals surface area contributed by atoms with Gasteiger partial charge < -0.3 is 25.8 Å². The van der Waals surface area contributed by atoms with E-state index in [1.54, 1.807) is 6.07 Å². The molecule has 6 nitrogen and oxygen atoms in total. The molecule has 1 rings (SSSR count). The number of aliphatic hydroxyl groups is 3. The molecule has 0 aromatic heterocycles. The number of hydrogen-bond acceptors (Lipinski definition) is 6. The summed E-state index contributed by atoms with van der Waals surface area (Å²) in [5.41, 5.74) is 5.40. The van der Waals surface area contributed by atoms with Crippen LogP contribution in [0.2, 0.25) is 0 Å². The highest BCUT2D eigenvalue weighted by molar-refractivity contribution is 5.01.